The van der Waals surface area contributed by atoms with Crippen molar-refractivity contribution in [1.29, 1.82) is 0 Å². The Labute approximate surface area is 163 Å². The average molecular weight is 386 g/mol. The number of rotatable bonds is 3. The van der Waals surface area contributed by atoms with Crippen molar-refractivity contribution in [2.75, 3.05) is 36.8 Å². The van der Waals surface area contributed by atoms with Crippen molar-refractivity contribution in [3.05, 3.63) is 29.3 Å². The fourth-order valence-corrected chi connectivity index (χ4v) is 3.76. The molecular formula is C19H24ClN7. The second-order valence-corrected chi connectivity index (χ2v) is 7.58. The fraction of sp³-hybridized carbons (Fsp3) is 0.421. The first-order chi connectivity index (χ1) is 13.0. The lowest BCUT2D eigenvalue weighted by atomic mass is 10.1. The van der Waals surface area contributed by atoms with Gasteiger partial charge in [0.15, 0.2) is 5.65 Å². The topological polar surface area (TPSA) is 76.1 Å². The van der Waals surface area contributed by atoms with Crippen molar-refractivity contribution in [2.45, 2.75) is 19.9 Å². The molecule has 4 rings (SSSR count). The van der Waals surface area contributed by atoms with Crippen LogP contribution in [-0.2, 0) is 7.05 Å². The molecule has 1 fully saturated rings. The zero-order valence-corrected chi connectivity index (χ0v) is 16.6. The van der Waals surface area contributed by atoms with Gasteiger partial charge >= 0.3 is 0 Å². The first-order valence-corrected chi connectivity index (χ1v) is 9.57. The molecule has 0 radical (unpaired) electrons. The number of nitrogens with zero attached hydrogens (tertiary/aromatic N) is 6. The molecule has 2 aromatic heterocycles. The summed E-state index contributed by atoms with van der Waals surface area (Å²) >= 11 is 6.46. The van der Waals surface area contributed by atoms with E-state index in [0.29, 0.717) is 28.5 Å². The van der Waals surface area contributed by atoms with Crippen molar-refractivity contribution in [3.8, 4) is 11.3 Å². The summed E-state index contributed by atoms with van der Waals surface area (Å²) in [5.74, 6) is 1.22. The van der Waals surface area contributed by atoms with Gasteiger partial charge in [-0.15, -0.1) is 0 Å². The van der Waals surface area contributed by atoms with E-state index in [1.165, 1.54) is 0 Å². The van der Waals surface area contributed by atoms with Crippen LogP contribution in [-0.4, -0.2) is 56.9 Å². The molecule has 142 valence electrons. The average Bonchev–Trinajstić information content (AvgIpc) is 2.95. The summed E-state index contributed by atoms with van der Waals surface area (Å²) in [6.07, 6.45) is 0. The maximum Gasteiger partial charge on any atom is 0.228 e. The van der Waals surface area contributed by atoms with E-state index in [9.17, 15) is 0 Å². The number of piperazine rings is 1. The van der Waals surface area contributed by atoms with Crippen LogP contribution in [0, 0.1) is 0 Å². The quantitative estimate of drug-likeness (QED) is 0.747. The number of fused-ring (bicyclic) bond motifs is 1. The molecule has 3 aromatic rings. The van der Waals surface area contributed by atoms with Gasteiger partial charge in [0.05, 0.1) is 11.1 Å². The second kappa shape index (κ2) is 6.98. The monoisotopic (exact) mass is 385 g/mol. The van der Waals surface area contributed by atoms with Crippen LogP contribution in [0.2, 0.25) is 5.02 Å². The Morgan fingerprint density at radius 3 is 2.44 bits per heavy atom. The smallest absolute Gasteiger partial charge is 0.228 e. The first-order valence-electron chi connectivity index (χ1n) is 9.20. The van der Waals surface area contributed by atoms with Crippen LogP contribution >= 0.6 is 11.6 Å². The Morgan fingerprint density at radius 2 is 1.78 bits per heavy atom. The number of hydrogen-bond donors (Lipinski definition) is 1. The molecule has 27 heavy (non-hydrogen) atoms. The van der Waals surface area contributed by atoms with E-state index in [0.717, 1.165) is 42.8 Å². The first kappa shape index (κ1) is 18.0. The molecule has 7 nitrogen and oxygen atoms in total. The van der Waals surface area contributed by atoms with E-state index in [2.05, 4.69) is 28.7 Å². The number of aryl methyl sites for hydroxylation is 1. The summed E-state index contributed by atoms with van der Waals surface area (Å²) in [5, 5.41) is 5.87. The number of hydrogen-bond acceptors (Lipinski definition) is 6. The number of anilines is 2. The Morgan fingerprint density at radius 1 is 1.07 bits per heavy atom. The number of nitrogen functional groups attached to an aromatic ring is 1. The predicted octanol–water partition coefficient (Wildman–Crippen LogP) is 2.80. The van der Waals surface area contributed by atoms with Crippen LogP contribution in [0.25, 0.3) is 22.3 Å². The Balaban J connectivity index is 1.81. The van der Waals surface area contributed by atoms with E-state index in [-0.39, 0.29) is 0 Å². The van der Waals surface area contributed by atoms with Gasteiger partial charge in [-0.3, -0.25) is 9.58 Å². The highest BCUT2D eigenvalue weighted by Crippen LogP contribution is 2.35. The number of benzene rings is 1. The molecule has 8 heteroatoms. The van der Waals surface area contributed by atoms with Gasteiger partial charge in [-0.25, -0.2) is 4.98 Å². The summed E-state index contributed by atoms with van der Waals surface area (Å²) in [6, 6.07) is 8.21. The van der Waals surface area contributed by atoms with Crippen LogP contribution in [0.1, 0.15) is 13.8 Å². The van der Waals surface area contributed by atoms with E-state index in [4.69, 9.17) is 27.3 Å². The number of halogens is 1. The Hall–Kier alpha value is -2.38. The van der Waals surface area contributed by atoms with Crippen molar-refractivity contribution in [2.24, 2.45) is 7.05 Å². The van der Waals surface area contributed by atoms with Crippen LogP contribution in [0.4, 0.5) is 11.8 Å². The van der Waals surface area contributed by atoms with Gasteiger partial charge < -0.3 is 10.6 Å². The van der Waals surface area contributed by atoms with Crippen LogP contribution in [0.5, 0.6) is 0 Å². The second-order valence-electron chi connectivity index (χ2n) is 7.18. The summed E-state index contributed by atoms with van der Waals surface area (Å²) in [6.45, 7) is 8.20. The molecular weight excluding hydrogens is 362 g/mol. The zero-order valence-electron chi connectivity index (χ0n) is 15.9. The van der Waals surface area contributed by atoms with Gasteiger partial charge in [-0.2, -0.15) is 10.1 Å². The standard InChI is InChI=1S/C19H24ClN7/c1-12(2)26-8-10-27(11-9-26)19-22-16(13-6-4-5-7-14(13)20)15-17(21)25(3)24-18(15)23-19/h4-7,12H,8-11,21H2,1-3H3. The predicted molar refractivity (Wildman–Crippen MR) is 110 cm³/mol. The normalized spacial score (nSPS) is 15.8. The number of nitrogens with two attached hydrogens (primary N) is 1. The third kappa shape index (κ3) is 3.21. The van der Waals surface area contributed by atoms with E-state index >= 15 is 0 Å². The van der Waals surface area contributed by atoms with Crippen LogP contribution in [0.3, 0.4) is 0 Å². The molecule has 1 aromatic carbocycles. The highest BCUT2D eigenvalue weighted by Gasteiger charge is 2.24. The Bertz CT molecular complexity index is 974. The zero-order chi connectivity index (χ0) is 19.1. The molecule has 0 saturated carbocycles. The van der Waals surface area contributed by atoms with Crippen molar-refractivity contribution < 1.29 is 0 Å². The molecule has 3 heterocycles. The summed E-state index contributed by atoms with van der Waals surface area (Å²) in [4.78, 5) is 14.3. The highest BCUT2D eigenvalue weighted by molar-refractivity contribution is 6.33. The minimum atomic E-state index is 0.538. The van der Waals surface area contributed by atoms with Gasteiger partial charge in [0, 0.05) is 49.9 Å². The largest absolute Gasteiger partial charge is 0.383 e. The lowest BCUT2D eigenvalue weighted by Crippen LogP contribution is -2.49. The summed E-state index contributed by atoms with van der Waals surface area (Å²) in [7, 11) is 1.81. The van der Waals surface area contributed by atoms with Crippen LogP contribution < -0.4 is 10.6 Å². The summed E-state index contributed by atoms with van der Waals surface area (Å²) < 4.78 is 1.64. The molecule has 0 atom stereocenters. The lowest BCUT2D eigenvalue weighted by molar-refractivity contribution is 0.208. The molecule has 0 bridgehead atoms. The van der Waals surface area contributed by atoms with E-state index in [1.807, 2.05) is 31.3 Å². The maximum absolute atomic E-state index is 6.46. The van der Waals surface area contributed by atoms with E-state index < -0.39 is 0 Å². The van der Waals surface area contributed by atoms with Gasteiger partial charge in [0.25, 0.3) is 0 Å². The van der Waals surface area contributed by atoms with Gasteiger partial charge in [-0.05, 0) is 19.9 Å². The van der Waals surface area contributed by atoms with Gasteiger partial charge in [-0.1, -0.05) is 29.8 Å². The van der Waals surface area contributed by atoms with Gasteiger partial charge in [0.2, 0.25) is 5.95 Å². The minimum Gasteiger partial charge on any atom is -0.383 e. The highest BCUT2D eigenvalue weighted by atomic mass is 35.5. The fourth-order valence-electron chi connectivity index (χ4n) is 3.53. The molecule has 0 aliphatic carbocycles. The molecule has 1 aliphatic heterocycles. The van der Waals surface area contributed by atoms with Gasteiger partial charge in [0.1, 0.15) is 5.82 Å². The molecule has 0 amide bonds. The molecule has 1 aliphatic rings. The third-order valence-corrected chi connectivity index (χ3v) is 5.51. The maximum atomic E-state index is 6.46. The van der Waals surface area contributed by atoms with E-state index in [1.54, 1.807) is 4.68 Å². The van der Waals surface area contributed by atoms with Crippen molar-refractivity contribution in [1.82, 2.24) is 24.6 Å². The minimum absolute atomic E-state index is 0.538. The third-order valence-electron chi connectivity index (χ3n) is 5.18. The molecule has 0 unspecified atom stereocenters. The molecule has 2 N–H and O–H groups in total. The molecule has 0 spiro atoms. The van der Waals surface area contributed by atoms with Crippen LogP contribution in [0.15, 0.2) is 24.3 Å². The number of aromatic nitrogens is 4. The lowest BCUT2D eigenvalue weighted by Gasteiger charge is -2.36. The molecule has 1 saturated heterocycles. The Kier molecular flexibility index (Phi) is 4.65. The van der Waals surface area contributed by atoms with Crippen molar-refractivity contribution in [3.63, 3.8) is 0 Å². The SMILES string of the molecule is CC(C)N1CCN(c2nc(-c3ccccc3Cl)c3c(N)n(C)nc3n2)CC1. The van der Waals surface area contributed by atoms with Crippen molar-refractivity contribution >= 4 is 34.4 Å². The summed E-state index contributed by atoms with van der Waals surface area (Å²) in [5.41, 5.74) is 8.44.